The molecule has 3 heterocycles. The second-order valence-corrected chi connectivity index (χ2v) is 5.23. The molecule has 3 aromatic rings. The maximum Gasteiger partial charge on any atom is 0.260 e. The highest BCUT2D eigenvalue weighted by Gasteiger charge is 2.15. The van der Waals surface area contributed by atoms with Crippen LogP contribution in [-0.2, 0) is 17.8 Å². The number of aryl methyl sites for hydroxylation is 2. The van der Waals surface area contributed by atoms with Crippen molar-refractivity contribution in [3.05, 3.63) is 35.2 Å². The molecule has 0 radical (unpaired) electrons. The molecule has 0 saturated heterocycles. The van der Waals surface area contributed by atoms with Gasteiger partial charge in [0.25, 0.3) is 5.88 Å². The highest BCUT2D eigenvalue weighted by atomic mass is 16.5. The second-order valence-electron chi connectivity index (χ2n) is 5.23. The van der Waals surface area contributed by atoms with Crippen molar-refractivity contribution >= 4 is 11.6 Å². The van der Waals surface area contributed by atoms with E-state index >= 15 is 0 Å². The van der Waals surface area contributed by atoms with E-state index in [0.29, 0.717) is 29.7 Å². The van der Waals surface area contributed by atoms with Crippen molar-refractivity contribution in [3.8, 4) is 5.88 Å². The van der Waals surface area contributed by atoms with Gasteiger partial charge in [-0.1, -0.05) is 5.16 Å². The van der Waals surface area contributed by atoms with Crippen LogP contribution in [0.25, 0.3) is 5.65 Å². The Hall–Kier alpha value is -2.97. The molecule has 126 valence electrons. The minimum atomic E-state index is -0.139. The number of rotatable bonds is 6. The van der Waals surface area contributed by atoms with Crippen LogP contribution in [0.15, 0.2) is 16.9 Å². The Balaban J connectivity index is 1.70. The predicted molar refractivity (Wildman–Crippen MR) is 83.5 cm³/mol. The number of hydrogen-bond donors (Lipinski definition) is 1. The van der Waals surface area contributed by atoms with Gasteiger partial charge in [-0.2, -0.15) is 0 Å². The van der Waals surface area contributed by atoms with Crippen molar-refractivity contribution in [3.63, 3.8) is 0 Å². The molecule has 0 unspecified atom stereocenters. The van der Waals surface area contributed by atoms with Crippen LogP contribution in [0.1, 0.15) is 29.8 Å². The molecule has 1 amide bonds. The van der Waals surface area contributed by atoms with Crippen LogP contribution in [0.3, 0.4) is 0 Å². The lowest BCUT2D eigenvalue weighted by molar-refractivity contribution is -0.120. The van der Waals surface area contributed by atoms with Crippen molar-refractivity contribution in [2.24, 2.45) is 0 Å². The summed E-state index contributed by atoms with van der Waals surface area (Å²) in [7, 11) is 0. The molecular weight excluding hydrogens is 312 g/mol. The van der Waals surface area contributed by atoms with Gasteiger partial charge in [0.2, 0.25) is 11.6 Å². The van der Waals surface area contributed by atoms with E-state index < -0.39 is 0 Å². The molecular formula is C15H18N6O3. The fraction of sp³-hybridized carbons (Fsp3) is 0.400. The first-order valence-electron chi connectivity index (χ1n) is 7.60. The number of ether oxygens (including phenoxy) is 1. The summed E-state index contributed by atoms with van der Waals surface area (Å²) in [5, 5.41) is 14.8. The van der Waals surface area contributed by atoms with E-state index in [1.54, 1.807) is 23.7 Å². The van der Waals surface area contributed by atoms with E-state index in [1.165, 1.54) is 0 Å². The minimum absolute atomic E-state index is 0.139. The van der Waals surface area contributed by atoms with E-state index in [4.69, 9.17) is 9.26 Å². The molecule has 1 N–H and O–H groups in total. The normalized spacial score (nSPS) is 11.0. The zero-order valence-corrected chi connectivity index (χ0v) is 13.7. The van der Waals surface area contributed by atoms with Gasteiger partial charge in [0.15, 0.2) is 5.82 Å². The van der Waals surface area contributed by atoms with Crippen molar-refractivity contribution in [1.29, 1.82) is 0 Å². The number of nitrogens with one attached hydrogen (secondary N) is 1. The Bertz CT molecular complexity index is 850. The van der Waals surface area contributed by atoms with Crippen LogP contribution < -0.4 is 10.1 Å². The lowest BCUT2D eigenvalue weighted by atomic mass is 10.1. The summed E-state index contributed by atoms with van der Waals surface area (Å²) in [5.74, 6) is 1.53. The molecule has 0 atom stereocenters. The molecule has 0 spiro atoms. The molecule has 9 heteroatoms. The number of fused-ring (bicyclic) bond motifs is 1. The van der Waals surface area contributed by atoms with Crippen LogP contribution >= 0.6 is 0 Å². The number of hydrogen-bond acceptors (Lipinski definition) is 7. The van der Waals surface area contributed by atoms with Gasteiger partial charge >= 0.3 is 0 Å². The zero-order chi connectivity index (χ0) is 17.1. The highest BCUT2D eigenvalue weighted by molar-refractivity contribution is 5.78. The quantitative estimate of drug-likeness (QED) is 0.718. The fourth-order valence-corrected chi connectivity index (χ4v) is 2.37. The van der Waals surface area contributed by atoms with Crippen molar-refractivity contribution in [2.75, 3.05) is 6.61 Å². The monoisotopic (exact) mass is 330 g/mol. The topological polar surface area (TPSA) is 107 Å². The molecule has 9 nitrogen and oxygen atoms in total. The molecule has 0 fully saturated rings. The van der Waals surface area contributed by atoms with E-state index in [2.05, 4.69) is 25.7 Å². The van der Waals surface area contributed by atoms with Gasteiger partial charge in [0, 0.05) is 18.0 Å². The molecule has 0 saturated carbocycles. The summed E-state index contributed by atoms with van der Waals surface area (Å²) in [6.07, 6.45) is 3.55. The summed E-state index contributed by atoms with van der Waals surface area (Å²) in [6.45, 7) is 6.21. The van der Waals surface area contributed by atoms with Crippen LogP contribution in [-0.4, -0.2) is 37.3 Å². The lowest BCUT2D eigenvalue weighted by Crippen LogP contribution is -2.26. The average molecular weight is 330 g/mol. The SMILES string of the molecule is CCOc1nccn2c(CNC(=O)Cc3c(C)noc3C)nnc12. The molecule has 0 aliphatic rings. The van der Waals surface area contributed by atoms with E-state index in [-0.39, 0.29) is 18.9 Å². The first kappa shape index (κ1) is 15.9. The fourth-order valence-electron chi connectivity index (χ4n) is 2.37. The molecule has 3 rings (SSSR count). The van der Waals surface area contributed by atoms with E-state index in [1.807, 2.05) is 13.8 Å². The highest BCUT2D eigenvalue weighted by Crippen LogP contribution is 2.15. The van der Waals surface area contributed by atoms with Crippen LogP contribution in [0.5, 0.6) is 5.88 Å². The molecule has 0 aliphatic heterocycles. The maximum atomic E-state index is 12.1. The standard InChI is InChI=1S/C15H18N6O3/c1-4-23-15-14-19-18-12(21(14)6-5-16-15)8-17-13(22)7-11-9(2)20-24-10(11)3/h5-6H,4,7-8H2,1-3H3,(H,17,22). The Morgan fingerprint density at radius 1 is 1.38 bits per heavy atom. The zero-order valence-electron chi connectivity index (χ0n) is 13.7. The third-order valence-electron chi connectivity index (χ3n) is 3.61. The molecule has 0 bridgehead atoms. The summed E-state index contributed by atoms with van der Waals surface area (Å²) in [4.78, 5) is 16.3. The lowest BCUT2D eigenvalue weighted by Gasteiger charge is -2.05. The van der Waals surface area contributed by atoms with Crippen molar-refractivity contribution in [1.82, 2.24) is 30.1 Å². The molecule has 0 aromatic carbocycles. The average Bonchev–Trinajstić information content (AvgIpc) is 3.12. The number of nitrogens with zero attached hydrogens (tertiary/aromatic N) is 5. The number of carbonyl (C=O) groups is 1. The van der Waals surface area contributed by atoms with E-state index in [0.717, 1.165) is 11.3 Å². The minimum Gasteiger partial charge on any atom is -0.475 e. The first-order valence-corrected chi connectivity index (χ1v) is 7.60. The van der Waals surface area contributed by atoms with Crippen LogP contribution in [0, 0.1) is 13.8 Å². The van der Waals surface area contributed by atoms with E-state index in [9.17, 15) is 4.79 Å². The van der Waals surface area contributed by atoms with Gasteiger partial charge in [-0.3, -0.25) is 9.20 Å². The number of amides is 1. The summed E-state index contributed by atoms with van der Waals surface area (Å²) in [6, 6.07) is 0. The Kier molecular flexibility index (Phi) is 4.41. The third kappa shape index (κ3) is 3.05. The number of aromatic nitrogens is 5. The largest absolute Gasteiger partial charge is 0.475 e. The van der Waals surface area contributed by atoms with Gasteiger partial charge in [-0.25, -0.2) is 4.98 Å². The van der Waals surface area contributed by atoms with Gasteiger partial charge in [-0.15, -0.1) is 10.2 Å². The van der Waals surface area contributed by atoms with Gasteiger partial charge in [-0.05, 0) is 20.8 Å². The van der Waals surface area contributed by atoms with Crippen molar-refractivity contribution < 1.29 is 14.1 Å². The van der Waals surface area contributed by atoms with Gasteiger partial charge in [0.05, 0.1) is 25.3 Å². The number of carbonyl (C=O) groups excluding carboxylic acids is 1. The first-order chi connectivity index (χ1) is 11.6. The molecule has 0 aliphatic carbocycles. The van der Waals surface area contributed by atoms with Crippen molar-refractivity contribution in [2.45, 2.75) is 33.7 Å². The second kappa shape index (κ2) is 6.65. The van der Waals surface area contributed by atoms with Crippen LogP contribution in [0.4, 0.5) is 0 Å². The summed E-state index contributed by atoms with van der Waals surface area (Å²) in [5.41, 5.74) is 2.05. The Morgan fingerprint density at radius 2 is 2.21 bits per heavy atom. The molecule has 3 aromatic heterocycles. The van der Waals surface area contributed by atoms with Gasteiger partial charge in [0.1, 0.15) is 5.76 Å². The third-order valence-corrected chi connectivity index (χ3v) is 3.61. The smallest absolute Gasteiger partial charge is 0.260 e. The predicted octanol–water partition coefficient (Wildman–Crippen LogP) is 0.987. The summed E-state index contributed by atoms with van der Waals surface area (Å²) >= 11 is 0. The summed E-state index contributed by atoms with van der Waals surface area (Å²) < 4.78 is 12.2. The maximum absolute atomic E-state index is 12.1. The van der Waals surface area contributed by atoms with Gasteiger partial charge < -0.3 is 14.6 Å². The molecule has 24 heavy (non-hydrogen) atoms. The Morgan fingerprint density at radius 3 is 2.92 bits per heavy atom. The Labute approximate surface area is 138 Å². The van der Waals surface area contributed by atoms with Crippen LogP contribution in [0.2, 0.25) is 0 Å².